The van der Waals surface area contributed by atoms with E-state index in [2.05, 4.69) is 13.0 Å². The second kappa shape index (κ2) is 9.41. The fourth-order valence-electron chi connectivity index (χ4n) is 3.37. The summed E-state index contributed by atoms with van der Waals surface area (Å²) in [6.45, 7) is 4.16. The van der Waals surface area contributed by atoms with Crippen LogP contribution in [0.2, 0.25) is 0 Å². The molecule has 0 bridgehead atoms. The minimum absolute atomic E-state index is 0.0584. The highest BCUT2D eigenvalue weighted by atomic mass is 16.5. The van der Waals surface area contributed by atoms with Crippen molar-refractivity contribution in [1.82, 2.24) is 0 Å². The van der Waals surface area contributed by atoms with E-state index in [-0.39, 0.29) is 17.8 Å². The van der Waals surface area contributed by atoms with Crippen LogP contribution in [-0.2, 0) is 4.74 Å². The third-order valence-corrected chi connectivity index (χ3v) is 5.05. The van der Waals surface area contributed by atoms with Crippen molar-refractivity contribution in [2.24, 2.45) is 0 Å². The predicted octanol–water partition coefficient (Wildman–Crippen LogP) is 6.73. The first-order chi connectivity index (χ1) is 13.6. The zero-order chi connectivity index (χ0) is 19.9. The van der Waals surface area contributed by atoms with Crippen LogP contribution in [0.5, 0.6) is 5.75 Å². The number of hydrogen-bond acceptors (Lipinski definition) is 3. The van der Waals surface area contributed by atoms with Crippen molar-refractivity contribution in [3.8, 4) is 16.9 Å². The van der Waals surface area contributed by atoms with Crippen molar-refractivity contribution < 1.29 is 14.6 Å². The summed E-state index contributed by atoms with van der Waals surface area (Å²) in [5.74, 6) is -0.000196. The van der Waals surface area contributed by atoms with Crippen LogP contribution in [0.15, 0.2) is 60.7 Å². The van der Waals surface area contributed by atoms with Crippen molar-refractivity contribution in [1.29, 1.82) is 0 Å². The van der Waals surface area contributed by atoms with Crippen molar-refractivity contribution in [3.63, 3.8) is 0 Å². The molecule has 0 saturated heterocycles. The molecule has 3 aromatic carbocycles. The molecule has 1 N–H and O–H groups in total. The number of ether oxygens (including phenoxy) is 1. The zero-order valence-electron chi connectivity index (χ0n) is 16.7. The Morgan fingerprint density at radius 2 is 1.57 bits per heavy atom. The number of carbonyl (C=O) groups is 1. The fraction of sp³-hybridized carbons (Fsp3) is 0.320. The maximum atomic E-state index is 12.5. The summed E-state index contributed by atoms with van der Waals surface area (Å²) in [4.78, 5) is 12.5. The molecule has 0 amide bonds. The van der Waals surface area contributed by atoms with Crippen molar-refractivity contribution in [2.75, 3.05) is 0 Å². The summed E-state index contributed by atoms with van der Waals surface area (Å²) in [5, 5.41) is 11.5. The predicted molar refractivity (Wildman–Crippen MR) is 115 cm³/mol. The molecule has 0 saturated carbocycles. The molecule has 0 aliphatic rings. The number of aromatic hydroxyl groups is 1. The van der Waals surface area contributed by atoms with Gasteiger partial charge in [0, 0.05) is 0 Å². The number of phenolic OH excluding ortho intramolecular Hbond substituents is 1. The molecule has 3 rings (SSSR count). The van der Waals surface area contributed by atoms with E-state index in [1.54, 1.807) is 12.1 Å². The van der Waals surface area contributed by atoms with E-state index in [9.17, 15) is 9.90 Å². The lowest BCUT2D eigenvalue weighted by molar-refractivity contribution is 0.0319. The molecule has 0 radical (unpaired) electrons. The summed E-state index contributed by atoms with van der Waals surface area (Å²) >= 11 is 0. The quantitative estimate of drug-likeness (QED) is 0.350. The monoisotopic (exact) mass is 376 g/mol. The summed E-state index contributed by atoms with van der Waals surface area (Å²) in [7, 11) is 0. The molecule has 0 aromatic heterocycles. The SMILES string of the molecule is CCCCCC[C@@H](C)OC(=O)c1ccc2cc(-c3ccc(O)cc3)ccc2c1. The van der Waals surface area contributed by atoms with Crippen LogP contribution >= 0.6 is 0 Å². The van der Waals surface area contributed by atoms with Crippen LogP contribution in [-0.4, -0.2) is 17.2 Å². The molecule has 1 atom stereocenters. The number of esters is 1. The number of unbranched alkanes of at least 4 members (excludes halogenated alkanes) is 3. The van der Waals surface area contributed by atoms with Crippen LogP contribution < -0.4 is 0 Å². The van der Waals surface area contributed by atoms with Gasteiger partial charge in [0.15, 0.2) is 0 Å². The second-order valence-electron chi connectivity index (χ2n) is 7.39. The van der Waals surface area contributed by atoms with Crippen molar-refractivity contribution >= 4 is 16.7 Å². The molecule has 0 aliphatic carbocycles. The third-order valence-electron chi connectivity index (χ3n) is 5.05. The topological polar surface area (TPSA) is 46.5 Å². The smallest absolute Gasteiger partial charge is 0.338 e. The molecule has 3 heteroatoms. The van der Waals surface area contributed by atoms with Gasteiger partial charge in [0.25, 0.3) is 0 Å². The van der Waals surface area contributed by atoms with E-state index in [0.29, 0.717) is 5.56 Å². The third kappa shape index (κ3) is 5.13. The van der Waals surface area contributed by atoms with Gasteiger partial charge in [-0.2, -0.15) is 0 Å². The van der Waals surface area contributed by atoms with Crippen LogP contribution in [0.3, 0.4) is 0 Å². The lowest BCUT2D eigenvalue weighted by atomic mass is 10.00. The molecule has 3 aromatic rings. The average Bonchev–Trinajstić information content (AvgIpc) is 2.71. The summed E-state index contributed by atoms with van der Waals surface area (Å²) in [6, 6.07) is 19.0. The average molecular weight is 376 g/mol. The Kier molecular flexibility index (Phi) is 6.70. The minimum atomic E-state index is -0.257. The Bertz CT molecular complexity index is 928. The maximum absolute atomic E-state index is 12.5. The van der Waals surface area contributed by atoms with Gasteiger partial charge in [0.1, 0.15) is 5.75 Å². The highest BCUT2D eigenvalue weighted by Crippen LogP contribution is 2.27. The van der Waals surface area contributed by atoms with Gasteiger partial charge in [-0.15, -0.1) is 0 Å². The normalized spacial score (nSPS) is 12.1. The molecular formula is C25H28O3. The zero-order valence-corrected chi connectivity index (χ0v) is 16.7. The molecule has 146 valence electrons. The van der Waals surface area contributed by atoms with Gasteiger partial charge in [-0.05, 0) is 72.0 Å². The Morgan fingerprint density at radius 3 is 2.32 bits per heavy atom. The molecule has 0 aliphatic heterocycles. The standard InChI is InChI=1S/C25H28O3/c1-3-4-5-6-7-18(2)28-25(27)23-11-10-21-16-20(8-9-22(21)17-23)19-12-14-24(26)15-13-19/h8-18,26H,3-7H2,1-2H3/t18-/m1/s1. The van der Waals surface area contributed by atoms with Gasteiger partial charge in [0.05, 0.1) is 11.7 Å². The lowest BCUT2D eigenvalue weighted by Gasteiger charge is -2.13. The van der Waals surface area contributed by atoms with E-state index in [0.717, 1.165) is 34.7 Å². The molecule has 3 nitrogen and oxygen atoms in total. The van der Waals surface area contributed by atoms with Crippen LogP contribution in [0, 0.1) is 0 Å². The first-order valence-corrected chi connectivity index (χ1v) is 10.1. The Balaban J connectivity index is 1.69. The van der Waals surface area contributed by atoms with E-state index >= 15 is 0 Å². The molecular weight excluding hydrogens is 348 g/mol. The Morgan fingerprint density at radius 1 is 0.893 bits per heavy atom. The molecule has 0 unspecified atom stereocenters. The second-order valence-corrected chi connectivity index (χ2v) is 7.39. The van der Waals surface area contributed by atoms with Crippen LogP contribution in [0.25, 0.3) is 21.9 Å². The van der Waals surface area contributed by atoms with E-state index in [4.69, 9.17) is 4.74 Å². The maximum Gasteiger partial charge on any atom is 0.338 e. The van der Waals surface area contributed by atoms with Gasteiger partial charge in [0.2, 0.25) is 0 Å². The summed E-state index contributed by atoms with van der Waals surface area (Å²) in [5.41, 5.74) is 2.70. The summed E-state index contributed by atoms with van der Waals surface area (Å²) in [6.07, 6.45) is 5.58. The lowest BCUT2D eigenvalue weighted by Crippen LogP contribution is -2.15. The number of fused-ring (bicyclic) bond motifs is 1. The van der Waals surface area contributed by atoms with E-state index in [1.807, 2.05) is 49.4 Å². The molecule has 0 heterocycles. The first kappa shape index (κ1) is 19.9. The van der Waals surface area contributed by atoms with Gasteiger partial charge in [-0.25, -0.2) is 4.79 Å². The summed E-state index contributed by atoms with van der Waals surface area (Å²) < 4.78 is 5.61. The Labute approximate surface area is 167 Å². The largest absolute Gasteiger partial charge is 0.508 e. The van der Waals surface area contributed by atoms with Gasteiger partial charge < -0.3 is 9.84 Å². The van der Waals surface area contributed by atoms with E-state index < -0.39 is 0 Å². The molecule has 0 fully saturated rings. The Hall–Kier alpha value is -2.81. The van der Waals surface area contributed by atoms with Crippen molar-refractivity contribution in [2.45, 2.75) is 52.1 Å². The first-order valence-electron chi connectivity index (χ1n) is 10.1. The van der Waals surface area contributed by atoms with Crippen molar-refractivity contribution in [3.05, 3.63) is 66.2 Å². The highest BCUT2D eigenvalue weighted by Gasteiger charge is 2.12. The highest BCUT2D eigenvalue weighted by molar-refractivity contribution is 5.96. The van der Waals surface area contributed by atoms with Crippen LogP contribution in [0.4, 0.5) is 0 Å². The number of benzene rings is 3. The number of phenols is 1. The van der Waals surface area contributed by atoms with Gasteiger partial charge in [-0.1, -0.05) is 56.5 Å². The number of rotatable bonds is 8. The van der Waals surface area contributed by atoms with Gasteiger partial charge in [-0.3, -0.25) is 0 Å². The van der Waals surface area contributed by atoms with Crippen LogP contribution in [0.1, 0.15) is 56.3 Å². The molecule has 28 heavy (non-hydrogen) atoms. The van der Waals surface area contributed by atoms with E-state index in [1.165, 1.54) is 19.3 Å². The number of carbonyl (C=O) groups excluding carboxylic acids is 1. The molecule has 0 spiro atoms. The fourth-order valence-corrected chi connectivity index (χ4v) is 3.37. The minimum Gasteiger partial charge on any atom is -0.508 e. The number of hydrogen-bond donors (Lipinski definition) is 1. The van der Waals surface area contributed by atoms with Gasteiger partial charge >= 0.3 is 5.97 Å².